The van der Waals surface area contributed by atoms with Gasteiger partial charge in [0.25, 0.3) is 0 Å². The number of thiocarbonyl (C=S) groups is 1. The van der Waals surface area contributed by atoms with E-state index in [0.717, 1.165) is 17.0 Å². The Bertz CT molecular complexity index is 667. The molecule has 0 aliphatic rings. The molecule has 6 heteroatoms. The van der Waals surface area contributed by atoms with Gasteiger partial charge >= 0.3 is 0 Å². The van der Waals surface area contributed by atoms with Gasteiger partial charge in [0, 0.05) is 23.9 Å². The van der Waals surface area contributed by atoms with Crippen LogP contribution in [0.1, 0.15) is 18.5 Å². The maximum atomic E-state index is 5.39. The van der Waals surface area contributed by atoms with Crippen LogP contribution in [0.5, 0.6) is 17.2 Å². The smallest absolute Gasteiger partial charge is 0.171 e. The summed E-state index contributed by atoms with van der Waals surface area (Å²) < 4.78 is 15.7. The number of anilines is 1. The summed E-state index contributed by atoms with van der Waals surface area (Å²) in [7, 11) is 4.87. The molecule has 2 rings (SSSR count). The Balaban J connectivity index is 2.01. The second-order valence-electron chi connectivity index (χ2n) is 5.19. The van der Waals surface area contributed by atoms with Gasteiger partial charge in [0.2, 0.25) is 0 Å². The van der Waals surface area contributed by atoms with Crippen LogP contribution < -0.4 is 24.8 Å². The third-order valence-corrected chi connectivity index (χ3v) is 3.79. The van der Waals surface area contributed by atoms with Gasteiger partial charge < -0.3 is 24.8 Å². The summed E-state index contributed by atoms with van der Waals surface area (Å²) in [5.41, 5.74) is 1.91. The van der Waals surface area contributed by atoms with E-state index in [9.17, 15) is 0 Å². The van der Waals surface area contributed by atoms with Gasteiger partial charge in [0.1, 0.15) is 17.2 Å². The molecule has 1 unspecified atom stereocenters. The van der Waals surface area contributed by atoms with E-state index < -0.39 is 0 Å². The van der Waals surface area contributed by atoms with Crippen molar-refractivity contribution in [2.75, 3.05) is 26.6 Å². The monoisotopic (exact) mass is 346 g/mol. The van der Waals surface area contributed by atoms with Crippen LogP contribution in [-0.4, -0.2) is 26.4 Å². The number of methoxy groups -OCH3 is 3. The van der Waals surface area contributed by atoms with Crippen LogP contribution in [0.4, 0.5) is 5.69 Å². The molecule has 0 aromatic heterocycles. The number of hydrogen-bond donors (Lipinski definition) is 2. The number of benzene rings is 2. The van der Waals surface area contributed by atoms with Crippen molar-refractivity contribution in [2.24, 2.45) is 0 Å². The molecule has 0 bridgehead atoms. The average molecular weight is 346 g/mol. The first-order valence-electron chi connectivity index (χ1n) is 7.50. The first-order valence-corrected chi connectivity index (χ1v) is 7.91. The fraction of sp³-hybridized carbons (Fsp3) is 0.278. The van der Waals surface area contributed by atoms with Gasteiger partial charge in [-0.25, -0.2) is 0 Å². The summed E-state index contributed by atoms with van der Waals surface area (Å²) >= 11 is 5.39. The Hall–Kier alpha value is -2.47. The fourth-order valence-corrected chi connectivity index (χ4v) is 2.51. The predicted molar refractivity (Wildman–Crippen MR) is 100 cm³/mol. The zero-order valence-electron chi connectivity index (χ0n) is 14.3. The van der Waals surface area contributed by atoms with Crippen molar-refractivity contribution < 1.29 is 14.2 Å². The number of ether oxygens (including phenoxy) is 3. The standard InChI is InChI=1S/C18H22N2O3S/c1-12(13-5-7-15(21-2)8-6-13)19-18(24)20-14-9-16(22-3)11-17(10-14)23-4/h5-12H,1-4H3,(H2,19,20,24). The second kappa shape index (κ2) is 8.40. The summed E-state index contributed by atoms with van der Waals surface area (Å²) in [4.78, 5) is 0. The van der Waals surface area contributed by atoms with Gasteiger partial charge in [-0.15, -0.1) is 0 Å². The normalized spacial score (nSPS) is 11.3. The molecule has 2 aromatic rings. The zero-order chi connectivity index (χ0) is 17.5. The highest BCUT2D eigenvalue weighted by molar-refractivity contribution is 7.80. The molecule has 0 amide bonds. The lowest BCUT2D eigenvalue weighted by Gasteiger charge is -2.18. The van der Waals surface area contributed by atoms with Crippen LogP contribution in [-0.2, 0) is 0 Å². The summed E-state index contributed by atoms with van der Waals surface area (Å²) in [6, 6.07) is 13.4. The van der Waals surface area contributed by atoms with Gasteiger partial charge in [0.05, 0.1) is 27.4 Å². The molecule has 5 nitrogen and oxygen atoms in total. The lowest BCUT2D eigenvalue weighted by molar-refractivity contribution is 0.395. The van der Waals surface area contributed by atoms with Crippen molar-refractivity contribution in [1.29, 1.82) is 0 Å². The first kappa shape index (κ1) is 17.9. The molecule has 0 heterocycles. The van der Waals surface area contributed by atoms with E-state index in [1.165, 1.54) is 0 Å². The lowest BCUT2D eigenvalue weighted by Crippen LogP contribution is -2.30. The molecule has 0 saturated heterocycles. The van der Waals surface area contributed by atoms with E-state index in [-0.39, 0.29) is 6.04 Å². The largest absolute Gasteiger partial charge is 0.497 e. The van der Waals surface area contributed by atoms with E-state index >= 15 is 0 Å². The summed E-state index contributed by atoms with van der Waals surface area (Å²) in [6.45, 7) is 2.04. The first-order chi connectivity index (χ1) is 11.5. The molecule has 24 heavy (non-hydrogen) atoms. The summed E-state index contributed by atoms with van der Waals surface area (Å²) in [5, 5.41) is 6.93. The van der Waals surface area contributed by atoms with E-state index in [1.807, 2.05) is 49.4 Å². The Morgan fingerprint density at radius 2 is 1.42 bits per heavy atom. The molecule has 0 aliphatic heterocycles. The van der Waals surface area contributed by atoms with Crippen LogP contribution in [0.25, 0.3) is 0 Å². The number of hydrogen-bond acceptors (Lipinski definition) is 4. The minimum Gasteiger partial charge on any atom is -0.497 e. The minimum absolute atomic E-state index is 0.0587. The maximum absolute atomic E-state index is 5.39. The van der Waals surface area contributed by atoms with E-state index in [2.05, 4.69) is 10.6 Å². The van der Waals surface area contributed by atoms with Gasteiger partial charge in [-0.05, 0) is 36.8 Å². The molecule has 0 aliphatic carbocycles. The Morgan fingerprint density at radius 1 is 0.875 bits per heavy atom. The van der Waals surface area contributed by atoms with Crippen LogP contribution >= 0.6 is 12.2 Å². The zero-order valence-corrected chi connectivity index (χ0v) is 15.1. The van der Waals surface area contributed by atoms with Gasteiger partial charge in [-0.2, -0.15) is 0 Å². The van der Waals surface area contributed by atoms with Crippen molar-refractivity contribution in [3.05, 3.63) is 48.0 Å². The Morgan fingerprint density at radius 3 is 1.92 bits per heavy atom. The molecule has 0 saturated carbocycles. The molecule has 2 aromatic carbocycles. The van der Waals surface area contributed by atoms with Crippen molar-refractivity contribution in [3.8, 4) is 17.2 Å². The van der Waals surface area contributed by atoms with Gasteiger partial charge in [0.15, 0.2) is 5.11 Å². The van der Waals surface area contributed by atoms with Crippen molar-refractivity contribution in [3.63, 3.8) is 0 Å². The second-order valence-corrected chi connectivity index (χ2v) is 5.60. The van der Waals surface area contributed by atoms with E-state index in [0.29, 0.717) is 16.6 Å². The van der Waals surface area contributed by atoms with Gasteiger partial charge in [-0.1, -0.05) is 12.1 Å². The highest BCUT2D eigenvalue weighted by Crippen LogP contribution is 2.26. The topological polar surface area (TPSA) is 51.8 Å². The summed E-state index contributed by atoms with van der Waals surface area (Å²) in [6.07, 6.45) is 0. The van der Waals surface area contributed by atoms with Crippen molar-refractivity contribution in [2.45, 2.75) is 13.0 Å². The van der Waals surface area contributed by atoms with Gasteiger partial charge in [-0.3, -0.25) is 0 Å². The maximum Gasteiger partial charge on any atom is 0.171 e. The molecule has 128 valence electrons. The lowest BCUT2D eigenvalue weighted by atomic mass is 10.1. The number of rotatable bonds is 6. The highest BCUT2D eigenvalue weighted by Gasteiger charge is 2.09. The number of nitrogens with one attached hydrogen (secondary N) is 2. The van der Waals surface area contributed by atoms with Crippen LogP contribution in [0.3, 0.4) is 0 Å². The molecular weight excluding hydrogens is 324 g/mol. The average Bonchev–Trinajstić information content (AvgIpc) is 2.61. The molecule has 1 atom stereocenters. The Labute approximate surface area is 147 Å². The van der Waals surface area contributed by atoms with Crippen LogP contribution in [0, 0.1) is 0 Å². The van der Waals surface area contributed by atoms with Crippen LogP contribution in [0.2, 0.25) is 0 Å². The SMILES string of the molecule is COc1ccc(C(C)NC(=S)Nc2cc(OC)cc(OC)c2)cc1. The third-order valence-electron chi connectivity index (χ3n) is 3.57. The van der Waals surface area contributed by atoms with E-state index in [4.69, 9.17) is 26.4 Å². The molecule has 0 fully saturated rings. The van der Waals surface area contributed by atoms with Crippen LogP contribution in [0.15, 0.2) is 42.5 Å². The fourth-order valence-electron chi connectivity index (χ4n) is 2.22. The highest BCUT2D eigenvalue weighted by atomic mass is 32.1. The van der Waals surface area contributed by atoms with Crippen molar-refractivity contribution >= 4 is 23.0 Å². The molecular formula is C18H22N2O3S. The Kier molecular flexibility index (Phi) is 6.26. The molecule has 2 N–H and O–H groups in total. The predicted octanol–water partition coefficient (Wildman–Crippen LogP) is 3.76. The summed E-state index contributed by atoms with van der Waals surface area (Å²) in [5.74, 6) is 2.22. The quantitative estimate of drug-likeness (QED) is 0.777. The third kappa shape index (κ3) is 4.76. The minimum atomic E-state index is 0.0587. The van der Waals surface area contributed by atoms with E-state index in [1.54, 1.807) is 21.3 Å². The van der Waals surface area contributed by atoms with Crippen molar-refractivity contribution in [1.82, 2.24) is 5.32 Å². The molecule has 0 radical (unpaired) electrons. The molecule has 0 spiro atoms.